The fourth-order valence-electron chi connectivity index (χ4n) is 3.25. The minimum absolute atomic E-state index is 0.0720. The average molecular weight is 258 g/mol. The van der Waals surface area contributed by atoms with Gasteiger partial charge in [0.1, 0.15) is 0 Å². The second-order valence-electron chi connectivity index (χ2n) is 6.04. The molecule has 1 N–H and O–H groups in total. The van der Waals surface area contributed by atoms with Gasteiger partial charge in [0.05, 0.1) is 11.2 Å². The molecule has 106 valence electrons. The minimum atomic E-state index is -0.747. The summed E-state index contributed by atoms with van der Waals surface area (Å²) < 4.78 is 16.3. The standard InChI is InChI=1S/C14H26O4/c1-13(15,10-12(16-2)17-3)11-5-8-18-14(9-11)6-4-7-14/h11-12,15H,4-10H2,1-3H3. The molecule has 2 unspecified atom stereocenters. The summed E-state index contributed by atoms with van der Waals surface area (Å²) in [4.78, 5) is 0. The molecule has 2 atom stereocenters. The molecule has 0 amide bonds. The molecule has 1 heterocycles. The number of rotatable bonds is 5. The largest absolute Gasteiger partial charge is 0.390 e. The van der Waals surface area contributed by atoms with Crippen LogP contribution in [0.2, 0.25) is 0 Å². The molecule has 18 heavy (non-hydrogen) atoms. The Morgan fingerprint density at radius 3 is 2.56 bits per heavy atom. The molecular formula is C14H26O4. The third kappa shape index (κ3) is 2.87. The SMILES string of the molecule is COC(CC(C)(O)C1CCOC2(CCC2)C1)OC. The van der Waals surface area contributed by atoms with Crippen LogP contribution in [0.5, 0.6) is 0 Å². The molecule has 1 saturated carbocycles. The maximum atomic E-state index is 10.7. The van der Waals surface area contributed by atoms with Crippen LogP contribution in [-0.2, 0) is 14.2 Å². The van der Waals surface area contributed by atoms with E-state index in [4.69, 9.17) is 14.2 Å². The zero-order valence-corrected chi connectivity index (χ0v) is 11.8. The Morgan fingerprint density at radius 2 is 2.06 bits per heavy atom. The molecule has 4 nitrogen and oxygen atoms in total. The lowest BCUT2D eigenvalue weighted by molar-refractivity contribution is -0.194. The molecule has 0 radical (unpaired) electrons. The van der Waals surface area contributed by atoms with Crippen LogP contribution in [0.1, 0.15) is 45.4 Å². The van der Waals surface area contributed by atoms with Crippen LogP contribution in [0, 0.1) is 5.92 Å². The van der Waals surface area contributed by atoms with Crippen LogP contribution in [-0.4, -0.2) is 43.4 Å². The summed E-state index contributed by atoms with van der Waals surface area (Å²) in [5.74, 6) is 0.277. The predicted molar refractivity (Wildman–Crippen MR) is 68.3 cm³/mol. The second-order valence-corrected chi connectivity index (χ2v) is 6.04. The Balaban J connectivity index is 1.95. The Kier molecular flexibility index (Phi) is 4.32. The highest BCUT2D eigenvalue weighted by Gasteiger charge is 2.47. The maximum absolute atomic E-state index is 10.7. The van der Waals surface area contributed by atoms with E-state index in [1.54, 1.807) is 14.2 Å². The van der Waals surface area contributed by atoms with Crippen LogP contribution in [0.25, 0.3) is 0 Å². The Morgan fingerprint density at radius 1 is 1.39 bits per heavy atom. The van der Waals surface area contributed by atoms with Crippen molar-refractivity contribution in [1.29, 1.82) is 0 Å². The summed E-state index contributed by atoms with van der Waals surface area (Å²) in [6.45, 7) is 2.67. The number of hydrogen-bond donors (Lipinski definition) is 1. The highest BCUT2D eigenvalue weighted by atomic mass is 16.7. The van der Waals surface area contributed by atoms with Gasteiger partial charge in [0.2, 0.25) is 0 Å². The molecule has 2 rings (SSSR count). The predicted octanol–water partition coefficient (Wildman–Crippen LogP) is 2.10. The lowest BCUT2D eigenvalue weighted by atomic mass is 9.67. The quantitative estimate of drug-likeness (QED) is 0.767. The van der Waals surface area contributed by atoms with Crippen molar-refractivity contribution in [2.45, 2.75) is 62.9 Å². The summed E-state index contributed by atoms with van der Waals surface area (Å²) in [6.07, 6.45) is 5.64. The first-order valence-corrected chi connectivity index (χ1v) is 6.93. The van der Waals surface area contributed by atoms with Gasteiger partial charge < -0.3 is 19.3 Å². The van der Waals surface area contributed by atoms with Crippen molar-refractivity contribution in [3.63, 3.8) is 0 Å². The van der Waals surface area contributed by atoms with Gasteiger partial charge >= 0.3 is 0 Å². The molecule has 0 aromatic rings. The van der Waals surface area contributed by atoms with E-state index in [2.05, 4.69) is 0 Å². The molecule has 0 bridgehead atoms. The molecule has 0 aromatic carbocycles. The van der Waals surface area contributed by atoms with Crippen molar-refractivity contribution in [2.75, 3.05) is 20.8 Å². The molecule has 4 heteroatoms. The van der Waals surface area contributed by atoms with E-state index < -0.39 is 5.60 Å². The monoisotopic (exact) mass is 258 g/mol. The Bertz CT molecular complexity index is 269. The van der Waals surface area contributed by atoms with Gasteiger partial charge in [0, 0.05) is 27.2 Å². The normalized spacial score (nSPS) is 30.2. The van der Waals surface area contributed by atoms with Gasteiger partial charge in [-0.15, -0.1) is 0 Å². The molecule has 1 saturated heterocycles. The fraction of sp³-hybridized carbons (Fsp3) is 1.00. The van der Waals surface area contributed by atoms with Crippen molar-refractivity contribution in [2.24, 2.45) is 5.92 Å². The Labute approximate surface area is 110 Å². The average Bonchev–Trinajstić information content (AvgIpc) is 2.34. The van der Waals surface area contributed by atoms with Gasteiger partial charge in [0.25, 0.3) is 0 Å². The molecule has 2 aliphatic rings. The van der Waals surface area contributed by atoms with E-state index in [0.717, 1.165) is 32.3 Å². The number of ether oxygens (including phenoxy) is 3. The lowest BCUT2D eigenvalue weighted by Crippen LogP contribution is -2.51. The summed E-state index contributed by atoms with van der Waals surface area (Å²) in [5.41, 5.74) is -0.675. The van der Waals surface area contributed by atoms with Crippen LogP contribution in [0.15, 0.2) is 0 Å². The maximum Gasteiger partial charge on any atom is 0.159 e. The van der Waals surface area contributed by atoms with E-state index in [0.29, 0.717) is 6.42 Å². The van der Waals surface area contributed by atoms with E-state index in [1.807, 2.05) is 6.92 Å². The highest BCUT2D eigenvalue weighted by Crippen LogP contribution is 2.47. The molecule has 1 aliphatic carbocycles. The lowest BCUT2D eigenvalue weighted by Gasteiger charge is -2.50. The molecule has 1 aliphatic heterocycles. The van der Waals surface area contributed by atoms with E-state index in [1.165, 1.54) is 6.42 Å². The van der Waals surface area contributed by atoms with Crippen molar-refractivity contribution >= 4 is 0 Å². The van der Waals surface area contributed by atoms with Crippen molar-refractivity contribution in [3.8, 4) is 0 Å². The van der Waals surface area contributed by atoms with Crippen LogP contribution >= 0.6 is 0 Å². The first-order chi connectivity index (χ1) is 8.51. The van der Waals surface area contributed by atoms with Gasteiger partial charge in [-0.25, -0.2) is 0 Å². The van der Waals surface area contributed by atoms with Crippen molar-refractivity contribution in [3.05, 3.63) is 0 Å². The van der Waals surface area contributed by atoms with Gasteiger partial charge in [-0.05, 0) is 44.9 Å². The third-order valence-corrected chi connectivity index (χ3v) is 4.74. The minimum Gasteiger partial charge on any atom is -0.390 e. The number of hydrogen-bond acceptors (Lipinski definition) is 4. The zero-order valence-electron chi connectivity index (χ0n) is 11.8. The first kappa shape index (κ1) is 14.3. The third-order valence-electron chi connectivity index (χ3n) is 4.74. The molecular weight excluding hydrogens is 232 g/mol. The van der Waals surface area contributed by atoms with E-state index >= 15 is 0 Å². The molecule has 0 aromatic heterocycles. The smallest absolute Gasteiger partial charge is 0.159 e. The summed E-state index contributed by atoms with van der Waals surface area (Å²) in [5, 5.41) is 10.7. The van der Waals surface area contributed by atoms with E-state index in [-0.39, 0.29) is 17.8 Å². The zero-order chi connectivity index (χ0) is 13.2. The number of methoxy groups -OCH3 is 2. The van der Waals surface area contributed by atoms with Crippen LogP contribution in [0.3, 0.4) is 0 Å². The molecule has 1 spiro atoms. The fourth-order valence-corrected chi connectivity index (χ4v) is 3.25. The first-order valence-electron chi connectivity index (χ1n) is 6.93. The summed E-state index contributed by atoms with van der Waals surface area (Å²) >= 11 is 0. The van der Waals surface area contributed by atoms with Gasteiger partial charge in [-0.1, -0.05) is 0 Å². The highest BCUT2D eigenvalue weighted by molar-refractivity contribution is 4.98. The van der Waals surface area contributed by atoms with Crippen LogP contribution in [0.4, 0.5) is 0 Å². The summed E-state index contributed by atoms with van der Waals surface area (Å²) in [6, 6.07) is 0. The topological polar surface area (TPSA) is 47.9 Å². The molecule has 2 fully saturated rings. The van der Waals surface area contributed by atoms with Gasteiger partial charge in [0.15, 0.2) is 6.29 Å². The van der Waals surface area contributed by atoms with Gasteiger partial charge in [-0.3, -0.25) is 0 Å². The van der Waals surface area contributed by atoms with E-state index in [9.17, 15) is 5.11 Å². The van der Waals surface area contributed by atoms with Crippen molar-refractivity contribution in [1.82, 2.24) is 0 Å². The number of aliphatic hydroxyl groups is 1. The summed E-state index contributed by atoms with van der Waals surface area (Å²) in [7, 11) is 3.23. The Hall–Kier alpha value is -0.160. The second kappa shape index (κ2) is 5.45. The van der Waals surface area contributed by atoms with Gasteiger partial charge in [-0.2, -0.15) is 0 Å². The van der Waals surface area contributed by atoms with Crippen LogP contribution < -0.4 is 0 Å². The van der Waals surface area contributed by atoms with Crippen molar-refractivity contribution < 1.29 is 19.3 Å².